The number of nitrogens with two attached hydrogens (primary N) is 1. The van der Waals surface area contributed by atoms with Crippen LogP contribution in [-0.4, -0.2) is 47.9 Å². The van der Waals surface area contributed by atoms with Crippen LogP contribution in [0.3, 0.4) is 0 Å². The van der Waals surface area contributed by atoms with Crippen molar-refractivity contribution in [2.45, 2.75) is 58.5 Å². The minimum atomic E-state index is -0.744. The van der Waals surface area contributed by atoms with Crippen molar-refractivity contribution >= 4 is 23.6 Å². The van der Waals surface area contributed by atoms with Gasteiger partial charge in [-0.15, -0.1) is 0 Å². The van der Waals surface area contributed by atoms with E-state index in [9.17, 15) is 24.3 Å². The van der Waals surface area contributed by atoms with Gasteiger partial charge in [0.15, 0.2) is 18.2 Å². The van der Waals surface area contributed by atoms with E-state index in [0.29, 0.717) is 12.3 Å². The third kappa shape index (κ3) is 4.14. The second kappa shape index (κ2) is 8.70. The van der Waals surface area contributed by atoms with E-state index < -0.39 is 18.1 Å². The molecule has 0 aromatic carbocycles. The van der Waals surface area contributed by atoms with Gasteiger partial charge in [-0.3, -0.25) is 14.4 Å². The molecule has 0 aromatic rings. The number of aliphatic hydroxyl groups excluding tert-OH is 1. The summed E-state index contributed by atoms with van der Waals surface area (Å²) in [5, 5.41) is 13.8. The van der Waals surface area contributed by atoms with Crippen LogP contribution in [0.4, 0.5) is 4.79 Å². The number of aliphatic hydroxyl groups is 1. The molecule has 0 spiro atoms. The molecule has 3 saturated carbocycles. The van der Waals surface area contributed by atoms with Gasteiger partial charge in [-0.25, -0.2) is 4.79 Å². The van der Waals surface area contributed by atoms with E-state index in [0.717, 1.165) is 31.3 Å². The standard InChI is InChI=1S/C25H34N2O6/c1-24-9-7-15(28)11-14(24)3-4-16-17-5-6-18(25(17,2)12-19(29)22(16)24)20(30)13-33-23(32)27-10-8-21(26)31/h7,9,11,16-19,22,29H,3-6,8,10,12-13H2,1-2H3,(H2,26,31)(H,27,32). The summed E-state index contributed by atoms with van der Waals surface area (Å²) in [4.78, 5) is 47.6. The van der Waals surface area contributed by atoms with Crippen molar-refractivity contribution in [3.8, 4) is 0 Å². The Morgan fingerprint density at radius 3 is 2.73 bits per heavy atom. The first kappa shape index (κ1) is 23.7. The van der Waals surface area contributed by atoms with Gasteiger partial charge in [0.2, 0.25) is 5.91 Å². The Labute approximate surface area is 194 Å². The normalized spacial score (nSPS) is 39.1. The smallest absolute Gasteiger partial charge is 0.407 e. The lowest BCUT2D eigenvalue weighted by Gasteiger charge is -2.58. The number of allylic oxidation sites excluding steroid dienone is 4. The summed E-state index contributed by atoms with van der Waals surface area (Å²) in [5.41, 5.74) is 5.47. The van der Waals surface area contributed by atoms with Crippen molar-refractivity contribution in [1.82, 2.24) is 5.32 Å². The molecule has 0 heterocycles. The number of primary amides is 1. The fourth-order valence-corrected chi connectivity index (χ4v) is 7.43. The Morgan fingerprint density at radius 1 is 1.24 bits per heavy atom. The van der Waals surface area contributed by atoms with E-state index in [1.165, 1.54) is 0 Å². The highest BCUT2D eigenvalue weighted by molar-refractivity contribution is 6.01. The van der Waals surface area contributed by atoms with Crippen molar-refractivity contribution in [3.05, 3.63) is 23.8 Å². The number of amides is 2. The lowest BCUT2D eigenvalue weighted by atomic mass is 9.46. The molecule has 0 radical (unpaired) electrons. The van der Waals surface area contributed by atoms with E-state index in [1.807, 2.05) is 6.08 Å². The predicted octanol–water partition coefficient (Wildman–Crippen LogP) is 2.05. The van der Waals surface area contributed by atoms with Gasteiger partial charge in [0.05, 0.1) is 6.10 Å². The van der Waals surface area contributed by atoms with Crippen LogP contribution in [0.15, 0.2) is 23.8 Å². The molecule has 0 saturated heterocycles. The molecular weight excluding hydrogens is 424 g/mol. The van der Waals surface area contributed by atoms with Gasteiger partial charge in [-0.05, 0) is 61.5 Å². The number of carbonyl (C=O) groups excluding carboxylic acids is 4. The lowest BCUT2D eigenvalue weighted by molar-refractivity contribution is -0.141. The fourth-order valence-electron chi connectivity index (χ4n) is 7.43. The van der Waals surface area contributed by atoms with Crippen molar-refractivity contribution in [1.29, 1.82) is 0 Å². The van der Waals surface area contributed by atoms with Crippen LogP contribution in [0.1, 0.15) is 52.4 Å². The minimum Gasteiger partial charge on any atom is -0.442 e. The molecule has 7 unspecified atom stereocenters. The summed E-state index contributed by atoms with van der Waals surface area (Å²) in [7, 11) is 0. The summed E-state index contributed by atoms with van der Waals surface area (Å²) in [6, 6.07) is 0. The lowest BCUT2D eigenvalue weighted by Crippen LogP contribution is -2.56. The van der Waals surface area contributed by atoms with Crippen LogP contribution in [0.25, 0.3) is 0 Å². The highest BCUT2D eigenvalue weighted by Gasteiger charge is 2.62. The van der Waals surface area contributed by atoms with Gasteiger partial charge in [-0.2, -0.15) is 0 Å². The summed E-state index contributed by atoms with van der Waals surface area (Å²) >= 11 is 0. The van der Waals surface area contributed by atoms with Crippen molar-refractivity contribution in [2.24, 2.45) is 40.2 Å². The number of fused-ring (bicyclic) bond motifs is 5. The van der Waals surface area contributed by atoms with Crippen molar-refractivity contribution in [3.63, 3.8) is 0 Å². The molecule has 4 rings (SSSR count). The molecule has 8 heteroatoms. The molecule has 3 fully saturated rings. The molecular formula is C25H34N2O6. The monoisotopic (exact) mass is 458 g/mol. The zero-order chi connectivity index (χ0) is 24.0. The highest BCUT2D eigenvalue weighted by Crippen LogP contribution is 2.66. The average Bonchev–Trinajstić information content (AvgIpc) is 3.08. The number of carbonyl (C=O) groups is 4. The molecule has 7 atom stereocenters. The highest BCUT2D eigenvalue weighted by atomic mass is 16.6. The van der Waals surface area contributed by atoms with Crippen LogP contribution < -0.4 is 11.1 Å². The number of Topliss-reactive ketones (excluding diaryl/α,β-unsaturated/α-hetero) is 1. The Balaban J connectivity index is 1.44. The SMILES string of the molecule is CC12C=CC(=O)C=C1CCC1C2C(O)CC2(C)C(C(=O)COC(=O)NCCC(N)=O)CCC12. The van der Waals surface area contributed by atoms with Crippen LogP contribution in [-0.2, 0) is 19.1 Å². The van der Waals surface area contributed by atoms with Crippen molar-refractivity contribution < 1.29 is 29.0 Å². The number of hydrogen-bond donors (Lipinski definition) is 3. The van der Waals surface area contributed by atoms with Gasteiger partial charge in [0.1, 0.15) is 0 Å². The quantitative estimate of drug-likeness (QED) is 0.557. The number of ether oxygens (including phenoxy) is 1. The third-order valence-electron chi connectivity index (χ3n) is 8.87. The van der Waals surface area contributed by atoms with Crippen LogP contribution in [0.5, 0.6) is 0 Å². The second-order valence-corrected chi connectivity index (χ2v) is 10.6. The Morgan fingerprint density at radius 2 is 2.00 bits per heavy atom. The summed E-state index contributed by atoms with van der Waals surface area (Å²) in [5.74, 6) is -0.309. The number of alkyl carbamates (subject to hydrolysis) is 1. The molecule has 4 N–H and O–H groups in total. The maximum absolute atomic E-state index is 13.1. The predicted molar refractivity (Wildman–Crippen MR) is 120 cm³/mol. The fraction of sp³-hybridized carbons (Fsp3) is 0.680. The van der Waals surface area contributed by atoms with E-state index in [4.69, 9.17) is 10.5 Å². The van der Waals surface area contributed by atoms with E-state index >= 15 is 0 Å². The number of nitrogens with one attached hydrogen (secondary N) is 1. The summed E-state index contributed by atoms with van der Waals surface area (Å²) < 4.78 is 5.09. The Kier molecular flexibility index (Phi) is 6.24. The van der Waals surface area contributed by atoms with Gasteiger partial charge in [0, 0.05) is 30.2 Å². The first-order valence-corrected chi connectivity index (χ1v) is 11.9. The van der Waals surface area contributed by atoms with Gasteiger partial charge < -0.3 is 20.9 Å². The van der Waals surface area contributed by atoms with Gasteiger partial charge in [0.25, 0.3) is 0 Å². The zero-order valence-electron chi connectivity index (χ0n) is 19.3. The second-order valence-electron chi connectivity index (χ2n) is 10.6. The molecule has 0 bridgehead atoms. The number of rotatable bonds is 6. The first-order valence-electron chi connectivity index (χ1n) is 11.9. The number of hydrogen-bond acceptors (Lipinski definition) is 6. The van der Waals surface area contributed by atoms with Crippen molar-refractivity contribution in [2.75, 3.05) is 13.2 Å². The maximum atomic E-state index is 13.1. The molecule has 33 heavy (non-hydrogen) atoms. The molecule has 0 aromatic heterocycles. The largest absolute Gasteiger partial charge is 0.442 e. The van der Waals surface area contributed by atoms with Crippen LogP contribution in [0.2, 0.25) is 0 Å². The average molecular weight is 459 g/mol. The molecule has 8 nitrogen and oxygen atoms in total. The molecule has 0 aliphatic heterocycles. The molecule has 180 valence electrons. The molecule has 4 aliphatic carbocycles. The minimum absolute atomic E-state index is 0.00500. The first-order chi connectivity index (χ1) is 15.6. The van der Waals surface area contributed by atoms with E-state index in [1.54, 1.807) is 12.2 Å². The van der Waals surface area contributed by atoms with Gasteiger partial charge >= 0.3 is 6.09 Å². The topological polar surface area (TPSA) is 136 Å². The summed E-state index contributed by atoms with van der Waals surface area (Å²) in [6.45, 7) is 3.98. The maximum Gasteiger partial charge on any atom is 0.407 e. The van der Waals surface area contributed by atoms with E-state index in [-0.39, 0.29) is 59.7 Å². The Bertz CT molecular complexity index is 926. The van der Waals surface area contributed by atoms with Crippen LogP contribution in [0, 0.1) is 34.5 Å². The Hall–Kier alpha value is -2.48. The van der Waals surface area contributed by atoms with E-state index in [2.05, 4.69) is 19.2 Å². The zero-order valence-corrected chi connectivity index (χ0v) is 19.3. The third-order valence-corrected chi connectivity index (χ3v) is 8.87. The molecule has 4 aliphatic rings. The molecule has 2 amide bonds. The van der Waals surface area contributed by atoms with Crippen LogP contribution >= 0.6 is 0 Å². The summed E-state index contributed by atoms with van der Waals surface area (Å²) in [6.07, 6.45) is 7.92. The van der Waals surface area contributed by atoms with Gasteiger partial charge in [-0.1, -0.05) is 25.5 Å². The number of ketones is 2.